The summed E-state index contributed by atoms with van der Waals surface area (Å²) < 4.78 is 29.2. The summed E-state index contributed by atoms with van der Waals surface area (Å²) in [6.07, 6.45) is 8.88. The zero-order valence-corrected chi connectivity index (χ0v) is 21.9. The van der Waals surface area contributed by atoms with E-state index in [-0.39, 0.29) is 17.0 Å². The number of hydrogen-bond acceptors (Lipinski definition) is 6. The van der Waals surface area contributed by atoms with Crippen LogP contribution in [0, 0.1) is 11.8 Å². The Labute approximate surface area is 224 Å². The fourth-order valence-electron chi connectivity index (χ4n) is 5.67. The normalized spacial score (nSPS) is 24.2. The van der Waals surface area contributed by atoms with Gasteiger partial charge in [0.1, 0.15) is 17.1 Å². The summed E-state index contributed by atoms with van der Waals surface area (Å²) in [6, 6.07) is 12.8. The van der Waals surface area contributed by atoms with Gasteiger partial charge in [0.25, 0.3) is 0 Å². The molecule has 3 aliphatic rings. The Morgan fingerprint density at radius 3 is 2.58 bits per heavy atom. The predicted molar refractivity (Wildman–Crippen MR) is 144 cm³/mol. The molecular formula is C27H25ClN6O3S. The van der Waals surface area contributed by atoms with E-state index in [1.807, 2.05) is 36.5 Å². The summed E-state index contributed by atoms with van der Waals surface area (Å²) in [7, 11) is -3.46. The van der Waals surface area contributed by atoms with Gasteiger partial charge in [0.15, 0.2) is 0 Å². The van der Waals surface area contributed by atoms with E-state index in [4.69, 9.17) is 11.6 Å². The van der Waals surface area contributed by atoms with Gasteiger partial charge in [0.2, 0.25) is 15.9 Å². The van der Waals surface area contributed by atoms with Crippen molar-refractivity contribution in [1.29, 1.82) is 0 Å². The summed E-state index contributed by atoms with van der Waals surface area (Å²) in [5.41, 5.74) is 2.56. The van der Waals surface area contributed by atoms with Crippen molar-refractivity contribution in [3.05, 3.63) is 71.9 Å². The summed E-state index contributed by atoms with van der Waals surface area (Å²) >= 11 is 6.18. The van der Waals surface area contributed by atoms with Gasteiger partial charge in [-0.3, -0.25) is 9.52 Å². The number of amides is 1. The number of pyridine rings is 1. The minimum Gasteiger partial charge on any atom is -0.325 e. The van der Waals surface area contributed by atoms with Crippen LogP contribution in [0.25, 0.3) is 16.6 Å². The molecule has 2 atom stereocenters. The van der Waals surface area contributed by atoms with Gasteiger partial charge in [0.05, 0.1) is 17.0 Å². The Bertz CT molecular complexity index is 1670. The molecule has 4 aromatic rings. The van der Waals surface area contributed by atoms with E-state index in [1.165, 1.54) is 12.3 Å². The van der Waals surface area contributed by atoms with Gasteiger partial charge in [-0.05, 0) is 79.8 Å². The third kappa shape index (κ3) is 4.12. The number of sulfonamides is 1. The molecule has 3 heterocycles. The van der Waals surface area contributed by atoms with Crippen molar-refractivity contribution in [2.45, 2.75) is 42.8 Å². The molecule has 0 aliphatic heterocycles. The van der Waals surface area contributed by atoms with Crippen molar-refractivity contribution in [3.8, 4) is 11.1 Å². The maximum Gasteiger partial charge on any atom is 0.238 e. The van der Waals surface area contributed by atoms with Gasteiger partial charge in [-0.2, -0.15) is 5.10 Å². The maximum absolute atomic E-state index is 13.8. The van der Waals surface area contributed by atoms with Gasteiger partial charge in [-0.25, -0.2) is 22.9 Å². The standard InChI is InChI=1S/C27H25ClN6O3S/c28-19-8-10-34-23(12-19)22(15-30-34)16-1-3-20(4-2-16)31-26(35)27(13-17-11-18(17)14-27)25-29-9-7-24(32-25)33-38(36,37)21-5-6-21/h1-4,7-10,12,15,17-18,21H,5-6,11,13-14H2,(H,31,35)(H,29,32,33). The smallest absolute Gasteiger partial charge is 0.238 e. The predicted octanol–water partition coefficient (Wildman–Crippen LogP) is 4.66. The first-order valence-electron chi connectivity index (χ1n) is 12.7. The molecule has 3 aromatic heterocycles. The molecule has 0 radical (unpaired) electrons. The lowest BCUT2D eigenvalue weighted by molar-refractivity contribution is -0.122. The third-order valence-electron chi connectivity index (χ3n) is 7.96. The molecule has 1 amide bonds. The van der Waals surface area contributed by atoms with Crippen molar-refractivity contribution in [2.75, 3.05) is 10.0 Å². The van der Waals surface area contributed by atoms with Crippen LogP contribution in [-0.4, -0.2) is 39.2 Å². The molecule has 11 heteroatoms. The zero-order valence-electron chi connectivity index (χ0n) is 20.3. The summed E-state index contributed by atoms with van der Waals surface area (Å²) in [5, 5.41) is 7.74. The first kappa shape index (κ1) is 23.6. The van der Waals surface area contributed by atoms with Crippen molar-refractivity contribution in [3.63, 3.8) is 0 Å². The molecule has 3 fully saturated rings. The number of rotatable bonds is 7. The Morgan fingerprint density at radius 1 is 1.08 bits per heavy atom. The maximum atomic E-state index is 13.8. The number of anilines is 2. The average Bonchev–Trinajstić information content (AvgIpc) is 3.82. The summed E-state index contributed by atoms with van der Waals surface area (Å²) in [4.78, 5) is 22.8. The van der Waals surface area contributed by atoms with Crippen molar-refractivity contribution in [1.82, 2.24) is 19.6 Å². The van der Waals surface area contributed by atoms with Gasteiger partial charge >= 0.3 is 0 Å². The molecule has 3 saturated carbocycles. The summed E-state index contributed by atoms with van der Waals surface area (Å²) in [6.45, 7) is 0. The molecular weight excluding hydrogens is 524 g/mol. The lowest BCUT2D eigenvalue weighted by atomic mass is 9.80. The van der Waals surface area contributed by atoms with E-state index in [2.05, 4.69) is 25.1 Å². The monoisotopic (exact) mass is 548 g/mol. The number of carbonyl (C=O) groups excluding carboxylic acids is 1. The van der Waals surface area contributed by atoms with Gasteiger partial charge < -0.3 is 5.32 Å². The van der Waals surface area contributed by atoms with E-state index < -0.39 is 15.4 Å². The highest BCUT2D eigenvalue weighted by Gasteiger charge is 2.59. The molecule has 3 aliphatic carbocycles. The van der Waals surface area contributed by atoms with Crippen molar-refractivity contribution >= 4 is 44.6 Å². The number of nitrogens with one attached hydrogen (secondary N) is 2. The number of hydrogen-bond donors (Lipinski definition) is 2. The first-order chi connectivity index (χ1) is 18.3. The quantitative estimate of drug-likeness (QED) is 0.347. The molecule has 0 saturated heterocycles. The van der Waals surface area contributed by atoms with Crippen LogP contribution in [0.15, 0.2) is 61.1 Å². The first-order valence-corrected chi connectivity index (χ1v) is 14.6. The molecule has 0 bridgehead atoms. The number of aromatic nitrogens is 4. The van der Waals surface area contributed by atoms with Crippen LogP contribution in [0.2, 0.25) is 5.02 Å². The number of carbonyl (C=O) groups is 1. The second-order valence-electron chi connectivity index (χ2n) is 10.6. The fourth-order valence-corrected chi connectivity index (χ4v) is 7.16. The molecule has 9 nitrogen and oxygen atoms in total. The molecule has 2 unspecified atom stereocenters. The molecule has 194 valence electrons. The Kier molecular flexibility index (Phi) is 5.28. The SMILES string of the molecule is O=C(Nc1ccc(-c2cnn3ccc(Cl)cc23)cc1)C1(c2nccc(NS(=O)(=O)C3CC3)n2)CC2CC2C1. The van der Waals surface area contributed by atoms with Gasteiger partial charge in [-0.1, -0.05) is 23.7 Å². The number of benzene rings is 1. The Balaban J connectivity index is 1.15. The molecule has 0 spiro atoms. The topological polar surface area (TPSA) is 118 Å². The van der Waals surface area contributed by atoms with Crippen molar-refractivity contribution in [2.24, 2.45) is 11.8 Å². The van der Waals surface area contributed by atoms with Crippen molar-refractivity contribution < 1.29 is 13.2 Å². The van der Waals surface area contributed by atoms with Crippen LogP contribution in [0.1, 0.15) is 37.9 Å². The lowest BCUT2D eigenvalue weighted by Gasteiger charge is -2.28. The number of fused-ring (bicyclic) bond motifs is 2. The molecule has 38 heavy (non-hydrogen) atoms. The largest absolute Gasteiger partial charge is 0.325 e. The van der Waals surface area contributed by atoms with Crippen LogP contribution in [0.5, 0.6) is 0 Å². The Hall–Kier alpha value is -3.50. The highest BCUT2D eigenvalue weighted by atomic mass is 35.5. The molecule has 7 rings (SSSR count). The zero-order chi connectivity index (χ0) is 26.1. The van der Waals surface area contributed by atoms with Crippen LogP contribution in [0.3, 0.4) is 0 Å². The lowest BCUT2D eigenvalue weighted by Crippen LogP contribution is -2.41. The molecule has 1 aromatic carbocycles. The van der Waals surface area contributed by atoms with E-state index in [9.17, 15) is 13.2 Å². The summed E-state index contributed by atoms with van der Waals surface area (Å²) in [5.74, 6) is 1.37. The van der Waals surface area contributed by atoms with Crippen LogP contribution in [-0.2, 0) is 20.2 Å². The highest BCUT2D eigenvalue weighted by molar-refractivity contribution is 7.93. The van der Waals surface area contributed by atoms with E-state index >= 15 is 0 Å². The van der Waals surface area contributed by atoms with Crippen LogP contribution in [0.4, 0.5) is 11.5 Å². The number of halogens is 1. The fraction of sp³-hybridized carbons (Fsp3) is 0.333. The highest BCUT2D eigenvalue weighted by Crippen LogP contribution is 2.60. The second kappa shape index (κ2) is 8.51. The third-order valence-corrected chi connectivity index (χ3v) is 10.0. The second-order valence-corrected chi connectivity index (χ2v) is 13.0. The van der Waals surface area contributed by atoms with E-state index in [0.29, 0.717) is 54.1 Å². The van der Waals surface area contributed by atoms with E-state index in [1.54, 1.807) is 16.8 Å². The molecule has 2 N–H and O–H groups in total. The number of nitrogens with zero attached hydrogens (tertiary/aromatic N) is 4. The van der Waals surface area contributed by atoms with Gasteiger partial charge in [0, 0.05) is 28.7 Å². The van der Waals surface area contributed by atoms with Crippen LogP contribution >= 0.6 is 11.6 Å². The Morgan fingerprint density at radius 2 is 1.84 bits per heavy atom. The average molecular weight is 549 g/mol. The minimum atomic E-state index is -3.46. The van der Waals surface area contributed by atoms with Gasteiger partial charge in [-0.15, -0.1) is 0 Å². The van der Waals surface area contributed by atoms with Crippen LogP contribution < -0.4 is 10.0 Å². The van der Waals surface area contributed by atoms with E-state index in [0.717, 1.165) is 23.1 Å². The minimum absolute atomic E-state index is 0.164.